The number of nitrogens with zero attached hydrogens (tertiary/aromatic N) is 2. The lowest BCUT2D eigenvalue weighted by molar-refractivity contribution is -0.121. The van der Waals surface area contributed by atoms with Crippen LogP contribution in [0.1, 0.15) is 25.2 Å². The number of ether oxygens (including phenoxy) is 4. The Labute approximate surface area is 164 Å². The molecule has 1 aromatic carbocycles. The van der Waals surface area contributed by atoms with Gasteiger partial charge in [-0.1, -0.05) is 5.16 Å². The first-order chi connectivity index (χ1) is 13.6. The van der Waals surface area contributed by atoms with Gasteiger partial charge >= 0.3 is 0 Å². The molecule has 28 heavy (non-hydrogen) atoms. The van der Waals surface area contributed by atoms with E-state index < -0.39 is 0 Å². The van der Waals surface area contributed by atoms with Crippen molar-refractivity contribution in [2.45, 2.75) is 25.7 Å². The van der Waals surface area contributed by atoms with Crippen molar-refractivity contribution in [1.29, 1.82) is 0 Å². The van der Waals surface area contributed by atoms with Crippen molar-refractivity contribution in [3.8, 4) is 28.6 Å². The quantitative estimate of drug-likeness (QED) is 0.548. The largest absolute Gasteiger partial charge is 0.493 e. The van der Waals surface area contributed by atoms with Gasteiger partial charge in [-0.2, -0.15) is 4.98 Å². The monoisotopic (exact) mass is 393 g/mol. The summed E-state index contributed by atoms with van der Waals surface area (Å²) in [5.74, 6) is 2.39. The zero-order valence-corrected chi connectivity index (χ0v) is 16.7. The Morgan fingerprint density at radius 3 is 2.39 bits per heavy atom. The molecular formula is C19H27N3O6. The summed E-state index contributed by atoms with van der Waals surface area (Å²) in [5.41, 5.74) is 0.681. The zero-order chi connectivity index (χ0) is 20.4. The van der Waals surface area contributed by atoms with E-state index in [1.165, 1.54) is 0 Å². The van der Waals surface area contributed by atoms with Gasteiger partial charge in [0.1, 0.15) is 0 Å². The number of amides is 1. The number of rotatable bonds is 12. The lowest BCUT2D eigenvalue weighted by atomic mass is 10.1. The van der Waals surface area contributed by atoms with E-state index in [1.54, 1.807) is 40.6 Å². The minimum atomic E-state index is 0.000434. The Morgan fingerprint density at radius 1 is 1.07 bits per heavy atom. The van der Waals surface area contributed by atoms with Crippen LogP contribution in [0.25, 0.3) is 11.4 Å². The van der Waals surface area contributed by atoms with Gasteiger partial charge in [0.25, 0.3) is 0 Å². The molecule has 0 aliphatic heterocycles. The number of aryl methyl sites for hydroxylation is 1. The topological polar surface area (TPSA) is 105 Å². The number of carbonyl (C=O) groups is 1. The Hall–Kier alpha value is -2.81. The van der Waals surface area contributed by atoms with Crippen molar-refractivity contribution in [3.05, 3.63) is 18.0 Å². The van der Waals surface area contributed by atoms with Crippen LogP contribution in [-0.4, -0.2) is 57.6 Å². The molecule has 0 unspecified atom stereocenters. The van der Waals surface area contributed by atoms with Crippen molar-refractivity contribution in [1.82, 2.24) is 15.5 Å². The van der Waals surface area contributed by atoms with Gasteiger partial charge in [-0.25, -0.2) is 0 Å². The second kappa shape index (κ2) is 11.1. The van der Waals surface area contributed by atoms with Crippen molar-refractivity contribution >= 4 is 5.91 Å². The van der Waals surface area contributed by atoms with Crippen LogP contribution in [0.3, 0.4) is 0 Å². The van der Waals surface area contributed by atoms with Crippen molar-refractivity contribution < 1.29 is 28.3 Å². The summed E-state index contributed by atoms with van der Waals surface area (Å²) in [5, 5.41) is 6.85. The molecule has 0 aliphatic rings. The summed E-state index contributed by atoms with van der Waals surface area (Å²) in [7, 11) is 6.27. The molecule has 9 heteroatoms. The number of carbonyl (C=O) groups excluding carboxylic acids is 1. The molecule has 0 radical (unpaired) electrons. The number of benzene rings is 1. The molecule has 9 nitrogen and oxygen atoms in total. The highest BCUT2D eigenvalue weighted by Gasteiger charge is 2.17. The minimum Gasteiger partial charge on any atom is -0.493 e. The predicted molar refractivity (Wildman–Crippen MR) is 102 cm³/mol. The van der Waals surface area contributed by atoms with Gasteiger partial charge in [0.2, 0.25) is 23.4 Å². The van der Waals surface area contributed by atoms with Crippen LogP contribution in [0.2, 0.25) is 0 Å². The maximum Gasteiger partial charge on any atom is 0.226 e. The van der Waals surface area contributed by atoms with Crippen LogP contribution in [0.4, 0.5) is 0 Å². The first kappa shape index (κ1) is 21.5. The average Bonchev–Trinajstić information content (AvgIpc) is 3.19. The molecule has 0 saturated heterocycles. The van der Waals surface area contributed by atoms with Crippen LogP contribution in [0, 0.1) is 0 Å². The standard InChI is InChI=1S/C19H27N3O6/c1-24-10-6-9-20-16(23)7-5-8-17-21-19(22-28-17)13-11-14(25-2)18(27-4)15(12-13)26-3/h11-12H,5-10H2,1-4H3,(H,20,23). The van der Waals surface area contributed by atoms with Gasteiger partial charge in [-0.15, -0.1) is 0 Å². The molecule has 1 amide bonds. The molecule has 1 heterocycles. The van der Waals surface area contributed by atoms with E-state index in [9.17, 15) is 4.79 Å². The van der Waals surface area contributed by atoms with Crippen LogP contribution in [-0.2, 0) is 16.0 Å². The van der Waals surface area contributed by atoms with Crippen molar-refractivity contribution in [2.75, 3.05) is 41.6 Å². The second-order valence-electron chi connectivity index (χ2n) is 5.98. The fraction of sp³-hybridized carbons (Fsp3) is 0.526. The minimum absolute atomic E-state index is 0.000434. The lowest BCUT2D eigenvalue weighted by Crippen LogP contribution is -2.24. The Bertz CT molecular complexity index is 737. The highest BCUT2D eigenvalue weighted by molar-refractivity contribution is 5.75. The van der Waals surface area contributed by atoms with Crippen LogP contribution >= 0.6 is 0 Å². The molecule has 1 N–H and O–H groups in total. The smallest absolute Gasteiger partial charge is 0.226 e. The SMILES string of the molecule is COCCCNC(=O)CCCc1nc(-c2cc(OC)c(OC)c(OC)c2)no1. The number of hydrogen-bond donors (Lipinski definition) is 1. The maximum absolute atomic E-state index is 11.8. The fourth-order valence-corrected chi connectivity index (χ4v) is 2.62. The molecular weight excluding hydrogens is 366 g/mol. The molecule has 0 spiro atoms. The van der Waals surface area contributed by atoms with Gasteiger partial charge < -0.3 is 28.8 Å². The van der Waals surface area contributed by atoms with Gasteiger partial charge in [0.05, 0.1) is 21.3 Å². The van der Waals surface area contributed by atoms with E-state index in [0.29, 0.717) is 66.9 Å². The van der Waals surface area contributed by atoms with Gasteiger partial charge in [0, 0.05) is 38.7 Å². The summed E-state index contributed by atoms with van der Waals surface area (Å²) >= 11 is 0. The molecule has 2 aromatic rings. The summed E-state index contributed by atoms with van der Waals surface area (Å²) in [6.45, 7) is 1.24. The summed E-state index contributed by atoms with van der Waals surface area (Å²) in [6.07, 6.45) is 2.33. The zero-order valence-electron chi connectivity index (χ0n) is 16.7. The molecule has 154 valence electrons. The van der Waals surface area contributed by atoms with E-state index in [4.69, 9.17) is 23.5 Å². The summed E-state index contributed by atoms with van der Waals surface area (Å²) in [6, 6.07) is 3.51. The third-order valence-electron chi connectivity index (χ3n) is 4.03. The third-order valence-corrected chi connectivity index (χ3v) is 4.03. The molecule has 0 aliphatic carbocycles. The van der Waals surface area contributed by atoms with Crippen molar-refractivity contribution in [2.24, 2.45) is 0 Å². The summed E-state index contributed by atoms with van der Waals surface area (Å²) in [4.78, 5) is 16.2. The number of hydrogen-bond acceptors (Lipinski definition) is 8. The van der Waals surface area contributed by atoms with Crippen LogP contribution in [0.5, 0.6) is 17.2 Å². The van der Waals surface area contributed by atoms with Crippen LogP contribution < -0.4 is 19.5 Å². The maximum atomic E-state index is 11.8. The molecule has 2 rings (SSSR count). The molecule has 0 bridgehead atoms. The number of nitrogens with one attached hydrogen (secondary N) is 1. The molecule has 0 fully saturated rings. The van der Waals surface area contributed by atoms with Gasteiger partial charge in [-0.05, 0) is 25.0 Å². The number of aromatic nitrogens is 2. The fourth-order valence-electron chi connectivity index (χ4n) is 2.62. The van der Waals surface area contributed by atoms with E-state index in [1.807, 2.05) is 0 Å². The van der Waals surface area contributed by atoms with E-state index in [-0.39, 0.29) is 5.91 Å². The van der Waals surface area contributed by atoms with E-state index in [0.717, 1.165) is 6.42 Å². The normalized spacial score (nSPS) is 10.6. The second-order valence-corrected chi connectivity index (χ2v) is 5.98. The third kappa shape index (κ3) is 5.85. The highest BCUT2D eigenvalue weighted by Crippen LogP contribution is 2.40. The Balaban J connectivity index is 1.94. The predicted octanol–water partition coefficient (Wildman–Crippen LogP) is 2.24. The number of methoxy groups -OCH3 is 4. The van der Waals surface area contributed by atoms with Gasteiger partial charge in [-0.3, -0.25) is 4.79 Å². The Kier molecular flexibility index (Phi) is 8.54. The highest BCUT2D eigenvalue weighted by atomic mass is 16.5. The molecule has 0 atom stereocenters. The average molecular weight is 393 g/mol. The Morgan fingerprint density at radius 2 is 1.79 bits per heavy atom. The van der Waals surface area contributed by atoms with E-state index >= 15 is 0 Å². The van der Waals surface area contributed by atoms with Crippen LogP contribution in [0.15, 0.2) is 16.7 Å². The molecule has 1 aromatic heterocycles. The van der Waals surface area contributed by atoms with Gasteiger partial charge in [0.15, 0.2) is 11.5 Å². The first-order valence-electron chi connectivity index (χ1n) is 9.01. The van der Waals surface area contributed by atoms with Crippen molar-refractivity contribution in [3.63, 3.8) is 0 Å². The van der Waals surface area contributed by atoms with E-state index in [2.05, 4.69) is 15.5 Å². The summed E-state index contributed by atoms with van der Waals surface area (Å²) < 4.78 is 26.2. The lowest BCUT2D eigenvalue weighted by Gasteiger charge is -2.12. The first-order valence-corrected chi connectivity index (χ1v) is 9.01. The molecule has 0 saturated carbocycles.